The Morgan fingerprint density at radius 3 is 2.52 bits per heavy atom. The maximum atomic E-state index is 12.5. The molecule has 1 saturated carbocycles. The van der Waals surface area contributed by atoms with Crippen LogP contribution in [-0.2, 0) is 14.3 Å². The Hall–Kier alpha value is -2.22. The summed E-state index contributed by atoms with van der Waals surface area (Å²) >= 11 is 3.31. The first kappa shape index (κ1) is 21.5. The van der Waals surface area contributed by atoms with Gasteiger partial charge in [-0.05, 0) is 44.4 Å². The lowest BCUT2D eigenvalue weighted by Gasteiger charge is -2.35. The van der Waals surface area contributed by atoms with Crippen LogP contribution in [0.15, 0.2) is 22.7 Å². The number of imide groups is 1. The van der Waals surface area contributed by atoms with Crippen molar-refractivity contribution in [3.05, 3.63) is 33.8 Å². The van der Waals surface area contributed by atoms with E-state index in [1.54, 1.807) is 25.1 Å². The first-order valence-corrected chi connectivity index (χ1v) is 10.8. The van der Waals surface area contributed by atoms with Crippen LogP contribution in [0.3, 0.4) is 0 Å². The number of carbonyl (C=O) groups is 4. The first-order chi connectivity index (χ1) is 13.9. The number of rotatable bonds is 7. The van der Waals surface area contributed by atoms with Gasteiger partial charge in [-0.25, -0.2) is 4.79 Å². The number of nitrogens with zero attached hydrogens (tertiary/aromatic N) is 1. The molecule has 2 aliphatic rings. The number of hydrogen-bond acceptors (Lipinski definition) is 5. The molecular weight excluding hydrogens is 440 g/mol. The van der Waals surface area contributed by atoms with Gasteiger partial charge in [0.2, 0.25) is 5.91 Å². The highest BCUT2D eigenvalue weighted by Gasteiger charge is 2.42. The minimum absolute atomic E-state index is 0.123. The van der Waals surface area contributed by atoms with Gasteiger partial charge in [0.1, 0.15) is 5.54 Å². The van der Waals surface area contributed by atoms with Crippen LogP contribution >= 0.6 is 15.9 Å². The van der Waals surface area contributed by atoms with Gasteiger partial charge >= 0.3 is 5.97 Å². The van der Waals surface area contributed by atoms with E-state index in [9.17, 15) is 19.2 Å². The average Bonchev–Trinajstić information content (AvgIpc) is 2.93. The van der Waals surface area contributed by atoms with Crippen LogP contribution in [0, 0.1) is 0 Å². The smallest absolute Gasteiger partial charge is 0.331 e. The molecule has 7 nitrogen and oxygen atoms in total. The molecule has 3 amide bonds. The van der Waals surface area contributed by atoms with Gasteiger partial charge in [0.15, 0.2) is 0 Å². The number of esters is 1. The predicted octanol–water partition coefficient (Wildman–Crippen LogP) is 3.21. The third kappa shape index (κ3) is 4.52. The molecule has 3 rings (SSSR count). The molecule has 1 fully saturated rings. The second-order valence-electron chi connectivity index (χ2n) is 7.47. The van der Waals surface area contributed by atoms with Crippen LogP contribution < -0.4 is 5.32 Å². The molecule has 8 heteroatoms. The van der Waals surface area contributed by atoms with Crippen molar-refractivity contribution in [2.45, 2.75) is 57.4 Å². The second kappa shape index (κ2) is 9.07. The van der Waals surface area contributed by atoms with Crippen molar-refractivity contribution in [2.75, 3.05) is 13.2 Å². The van der Waals surface area contributed by atoms with Crippen molar-refractivity contribution in [1.29, 1.82) is 0 Å². The molecule has 0 aromatic heterocycles. The minimum Gasteiger partial charge on any atom is -0.464 e. The van der Waals surface area contributed by atoms with Gasteiger partial charge < -0.3 is 10.1 Å². The molecule has 1 aromatic rings. The number of benzene rings is 1. The molecule has 1 aliphatic carbocycles. The quantitative estimate of drug-likeness (QED) is 0.493. The Balaban J connectivity index is 1.56. The van der Waals surface area contributed by atoms with Crippen molar-refractivity contribution in [1.82, 2.24) is 10.2 Å². The lowest BCUT2D eigenvalue weighted by atomic mass is 9.81. The Kier molecular flexibility index (Phi) is 6.72. The van der Waals surface area contributed by atoms with Gasteiger partial charge in [0, 0.05) is 17.4 Å². The van der Waals surface area contributed by atoms with E-state index in [0.717, 1.165) is 23.7 Å². The van der Waals surface area contributed by atoms with Crippen molar-refractivity contribution in [3.8, 4) is 0 Å². The highest BCUT2D eigenvalue weighted by Crippen LogP contribution is 2.30. The number of halogens is 1. The van der Waals surface area contributed by atoms with E-state index in [0.29, 0.717) is 30.4 Å². The maximum absolute atomic E-state index is 12.5. The number of fused-ring (bicyclic) bond motifs is 1. The number of hydrogen-bond donors (Lipinski definition) is 1. The van der Waals surface area contributed by atoms with Gasteiger partial charge in [-0.1, -0.05) is 35.2 Å². The van der Waals surface area contributed by atoms with Crippen LogP contribution in [0.5, 0.6) is 0 Å². The predicted molar refractivity (Wildman–Crippen MR) is 109 cm³/mol. The molecule has 1 heterocycles. The summed E-state index contributed by atoms with van der Waals surface area (Å²) < 4.78 is 5.92. The first-order valence-electron chi connectivity index (χ1n) is 10.0. The fraction of sp³-hybridized carbons (Fsp3) is 0.524. The van der Waals surface area contributed by atoms with Crippen molar-refractivity contribution in [2.24, 2.45) is 0 Å². The van der Waals surface area contributed by atoms with Crippen LogP contribution in [0.2, 0.25) is 0 Å². The molecule has 0 bridgehead atoms. The van der Waals surface area contributed by atoms with Gasteiger partial charge in [0.05, 0.1) is 17.7 Å². The average molecular weight is 465 g/mol. The Labute approximate surface area is 178 Å². The van der Waals surface area contributed by atoms with E-state index in [-0.39, 0.29) is 43.3 Å². The minimum atomic E-state index is -0.951. The molecule has 1 aliphatic heterocycles. The van der Waals surface area contributed by atoms with Gasteiger partial charge in [-0.15, -0.1) is 0 Å². The van der Waals surface area contributed by atoms with Crippen LogP contribution in [-0.4, -0.2) is 47.3 Å². The number of amides is 3. The summed E-state index contributed by atoms with van der Waals surface area (Å²) in [5, 5.41) is 2.88. The third-order valence-electron chi connectivity index (χ3n) is 5.47. The van der Waals surface area contributed by atoms with Gasteiger partial charge in [0.25, 0.3) is 11.8 Å². The molecule has 1 N–H and O–H groups in total. The molecular formula is C21H25BrN2O5. The van der Waals surface area contributed by atoms with E-state index in [4.69, 9.17) is 4.74 Å². The fourth-order valence-corrected chi connectivity index (χ4v) is 4.36. The highest BCUT2D eigenvalue weighted by molar-refractivity contribution is 9.10. The molecule has 0 atom stereocenters. The van der Waals surface area contributed by atoms with Crippen molar-refractivity contribution < 1.29 is 23.9 Å². The number of ether oxygens (including phenoxy) is 1. The third-order valence-corrected chi connectivity index (χ3v) is 5.96. The Morgan fingerprint density at radius 1 is 1.14 bits per heavy atom. The summed E-state index contributed by atoms with van der Waals surface area (Å²) in [5.74, 6) is -1.33. The van der Waals surface area contributed by atoms with E-state index >= 15 is 0 Å². The molecule has 29 heavy (non-hydrogen) atoms. The monoisotopic (exact) mass is 464 g/mol. The summed E-state index contributed by atoms with van der Waals surface area (Å²) in [5.41, 5.74) is -0.198. The van der Waals surface area contributed by atoms with E-state index in [1.807, 2.05) is 0 Å². The molecule has 0 saturated heterocycles. The standard InChI is InChI=1S/C21H25BrN2O5/c1-2-29-20(28)21(10-4-3-5-11-21)23-17(25)7-6-12-24-18(26)15-9-8-14(22)13-16(15)19(24)27/h8-9,13H,2-7,10-12H2,1H3,(H,23,25). The zero-order chi connectivity index (χ0) is 21.0. The topological polar surface area (TPSA) is 92.8 Å². The molecule has 0 radical (unpaired) electrons. The van der Waals surface area contributed by atoms with Crippen molar-refractivity contribution >= 4 is 39.6 Å². The zero-order valence-corrected chi connectivity index (χ0v) is 18.0. The largest absolute Gasteiger partial charge is 0.464 e. The van der Waals surface area contributed by atoms with Crippen LogP contribution in [0.25, 0.3) is 0 Å². The molecule has 156 valence electrons. The van der Waals surface area contributed by atoms with Gasteiger partial charge in [-0.3, -0.25) is 19.3 Å². The van der Waals surface area contributed by atoms with E-state index < -0.39 is 5.54 Å². The zero-order valence-electron chi connectivity index (χ0n) is 16.5. The van der Waals surface area contributed by atoms with Crippen LogP contribution in [0.1, 0.15) is 72.6 Å². The summed E-state index contributed by atoms with van der Waals surface area (Å²) in [6, 6.07) is 4.98. The lowest BCUT2D eigenvalue weighted by Crippen LogP contribution is -2.56. The number of nitrogens with one attached hydrogen (secondary N) is 1. The molecule has 0 unspecified atom stereocenters. The molecule has 1 aromatic carbocycles. The SMILES string of the molecule is CCOC(=O)C1(NC(=O)CCCN2C(=O)c3ccc(Br)cc3C2=O)CCCCC1. The summed E-state index contributed by atoms with van der Waals surface area (Å²) in [6.07, 6.45) is 4.37. The maximum Gasteiger partial charge on any atom is 0.331 e. The van der Waals surface area contributed by atoms with Crippen molar-refractivity contribution in [3.63, 3.8) is 0 Å². The lowest BCUT2D eigenvalue weighted by molar-refractivity contribution is -0.155. The normalized spacial score (nSPS) is 17.8. The fourth-order valence-electron chi connectivity index (χ4n) is 4.00. The van der Waals surface area contributed by atoms with E-state index in [2.05, 4.69) is 21.2 Å². The highest BCUT2D eigenvalue weighted by atomic mass is 79.9. The Morgan fingerprint density at radius 2 is 1.83 bits per heavy atom. The summed E-state index contributed by atoms with van der Waals surface area (Å²) in [6.45, 7) is 2.17. The van der Waals surface area contributed by atoms with E-state index in [1.165, 1.54) is 4.90 Å². The van der Waals surface area contributed by atoms with Gasteiger partial charge in [-0.2, -0.15) is 0 Å². The summed E-state index contributed by atoms with van der Waals surface area (Å²) in [4.78, 5) is 51.1. The summed E-state index contributed by atoms with van der Waals surface area (Å²) in [7, 11) is 0. The molecule has 0 spiro atoms. The Bertz CT molecular complexity index is 832. The number of carbonyl (C=O) groups excluding carboxylic acids is 4. The van der Waals surface area contributed by atoms with Crippen LogP contribution in [0.4, 0.5) is 0 Å². The second-order valence-corrected chi connectivity index (χ2v) is 8.38.